The van der Waals surface area contributed by atoms with Crippen molar-refractivity contribution in [1.82, 2.24) is 9.97 Å². The van der Waals surface area contributed by atoms with Crippen LogP contribution >= 0.6 is 0 Å². The summed E-state index contributed by atoms with van der Waals surface area (Å²) in [5, 5.41) is 14.3. The summed E-state index contributed by atoms with van der Waals surface area (Å²) in [6.07, 6.45) is 0. The molecule has 0 atom stereocenters. The number of ether oxygens (including phenoxy) is 2. The lowest BCUT2D eigenvalue weighted by Crippen LogP contribution is -2.77. The summed E-state index contributed by atoms with van der Waals surface area (Å²) in [6.45, 7) is 0. The average molecular weight is 620 g/mol. The van der Waals surface area contributed by atoms with E-state index in [-0.39, 0.29) is 0 Å². The molecule has 2 aliphatic heterocycles. The highest BCUT2D eigenvalue weighted by Crippen LogP contribution is 2.37. The van der Waals surface area contributed by atoms with Gasteiger partial charge in [-0.05, 0) is 75.3 Å². The van der Waals surface area contributed by atoms with Crippen molar-refractivity contribution < 1.29 is 9.47 Å². The molecule has 2 aliphatic rings. The zero-order chi connectivity index (χ0) is 31.4. The maximum Gasteiger partial charge on any atom is 0.196 e. The first kappa shape index (κ1) is 27.1. The second kappa shape index (κ2) is 10.7. The highest BCUT2D eigenvalue weighted by molar-refractivity contribution is 7.21. The van der Waals surface area contributed by atoms with Gasteiger partial charge >= 0.3 is 0 Å². The van der Waals surface area contributed by atoms with Crippen LogP contribution in [-0.2, 0) is 0 Å². The largest absolute Gasteiger partial charge is 0.458 e. The number of fused-ring (bicyclic) bond motifs is 8. The van der Waals surface area contributed by atoms with Gasteiger partial charge in [-0.15, -0.1) is 0 Å². The van der Waals surface area contributed by atoms with E-state index < -0.39 is 8.07 Å². The van der Waals surface area contributed by atoms with Crippen LogP contribution in [0.4, 0.5) is 0 Å². The average Bonchev–Trinajstić information content (AvgIpc) is 3.15. The maximum atomic E-state index is 9.61. The van der Waals surface area contributed by atoms with Gasteiger partial charge in [0.15, 0.2) is 13.9 Å². The van der Waals surface area contributed by atoms with Gasteiger partial charge in [-0.1, -0.05) is 97.1 Å². The lowest BCUT2D eigenvalue weighted by atomic mass is 10.1. The fraction of sp³-hybridized carbons (Fsp3) is 0. The van der Waals surface area contributed by atoms with Crippen LogP contribution in [0.1, 0.15) is 5.56 Å². The van der Waals surface area contributed by atoms with E-state index in [9.17, 15) is 5.26 Å². The summed E-state index contributed by atoms with van der Waals surface area (Å²) >= 11 is 0. The quantitative estimate of drug-likeness (QED) is 0.201. The zero-order valence-electron chi connectivity index (χ0n) is 25.1. The second-order valence-electron chi connectivity index (χ2n) is 11.7. The fourth-order valence-corrected chi connectivity index (χ4v) is 12.2. The van der Waals surface area contributed by atoms with Crippen LogP contribution in [0.3, 0.4) is 0 Å². The van der Waals surface area contributed by atoms with Gasteiger partial charge in [0.25, 0.3) is 0 Å². The maximum absolute atomic E-state index is 9.61. The third-order valence-electron chi connectivity index (χ3n) is 9.04. The van der Waals surface area contributed by atoms with E-state index in [1.807, 2.05) is 60.7 Å². The molecule has 3 heterocycles. The number of rotatable bonds is 3. The number of hydrogen-bond donors (Lipinski definition) is 0. The molecule has 0 unspecified atom stereocenters. The summed E-state index contributed by atoms with van der Waals surface area (Å²) in [6, 6.07) is 53.6. The summed E-state index contributed by atoms with van der Waals surface area (Å²) in [4.78, 5) is 10.1. The molecule has 0 bridgehead atoms. The van der Waals surface area contributed by atoms with E-state index in [0.29, 0.717) is 11.4 Å². The second-order valence-corrected chi connectivity index (χ2v) is 15.3. The van der Waals surface area contributed by atoms with Crippen LogP contribution < -0.4 is 30.2 Å². The van der Waals surface area contributed by atoms with Crippen molar-refractivity contribution in [3.8, 4) is 63.0 Å². The first-order chi connectivity index (χ1) is 23.2. The van der Waals surface area contributed by atoms with Gasteiger partial charge < -0.3 is 9.47 Å². The molecule has 0 saturated carbocycles. The number of aromatic nitrogens is 2. The molecule has 9 rings (SSSR count). The van der Waals surface area contributed by atoms with Crippen molar-refractivity contribution in [3.63, 3.8) is 0 Å². The van der Waals surface area contributed by atoms with Gasteiger partial charge in [0, 0.05) is 16.7 Å². The van der Waals surface area contributed by atoms with Crippen LogP contribution in [0, 0.1) is 11.3 Å². The highest BCUT2D eigenvalue weighted by Gasteiger charge is 2.52. The van der Waals surface area contributed by atoms with Gasteiger partial charge in [0.1, 0.15) is 23.0 Å². The molecule has 5 nitrogen and oxygen atoms in total. The number of nitriles is 1. The van der Waals surface area contributed by atoms with Gasteiger partial charge in [-0.25, -0.2) is 9.97 Å². The molecule has 6 aromatic carbocycles. The van der Waals surface area contributed by atoms with E-state index >= 15 is 0 Å². The SMILES string of the molecule is N#Cc1cccc(-c2nc(-c3ccccc3)cc(-c3ccc4c(c3)[Si]3(c5ccccc5Oc5ccccc53)c3ccccc3O4)n2)c1. The Morgan fingerprint density at radius 2 is 0.979 bits per heavy atom. The molecule has 7 aromatic rings. The van der Waals surface area contributed by atoms with E-state index in [2.05, 4.69) is 91.0 Å². The lowest BCUT2D eigenvalue weighted by molar-refractivity contribution is 0.481. The minimum absolute atomic E-state index is 0.562. The fourth-order valence-electron chi connectivity index (χ4n) is 6.98. The molecular weight excluding hydrogens is 595 g/mol. The summed E-state index contributed by atoms with van der Waals surface area (Å²) in [5.74, 6) is 4.02. The van der Waals surface area contributed by atoms with Gasteiger partial charge in [-0.2, -0.15) is 5.26 Å². The predicted octanol–water partition coefficient (Wildman–Crippen LogP) is 6.94. The van der Waals surface area contributed by atoms with E-state index in [0.717, 1.165) is 56.3 Å². The number of benzene rings is 6. The third-order valence-corrected chi connectivity index (χ3v) is 13.9. The molecule has 0 saturated heterocycles. The van der Waals surface area contributed by atoms with Gasteiger partial charge in [0.05, 0.1) is 23.0 Å². The summed E-state index contributed by atoms with van der Waals surface area (Å²) < 4.78 is 13.2. The topological polar surface area (TPSA) is 68.0 Å². The minimum Gasteiger partial charge on any atom is -0.458 e. The molecule has 0 aliphatic carbocycles. The Morgan fingerprint density at radius 3 is 1.60 bits per heavy atom. The monoisotopic (exact) mass is 619 g/mol. The Morgan fingerprint density at radius 1 is 0.447 bits per heavy atom. The van der Waals surface area contributed by atoms with Crippen molar-refractivity contribution in [1.29, 1.82) is 5.26 Å². The smallest absolute Gasteiger partial charge is 0.196 e. The van der Waals surface area contributed by atoms with Gasteiger partial charge in [0.2, 0.25) is 0 Å². The van der Waals surface area contributed by atoms with Crippen LogP contribution in [0.2, 0.25) is 0 Å². The normalized spacial score (nSPS) is 13.2. The first-order valence-electron chi connectivity index (χ1n) is 15.5. The Balaban J connectivity index is 1.32. The van der Waals surface area contributed by atoms with Crippen molar-refractivity contribution in [2.75, 3.05) is 0 Å². The molecule has 6 heteroatoms. The van der Waals surface area contributed by atoms with Crippen LogP contribution in [0.5, 0.6) is 23.0 Å². The molecular formula is C41H25N3O2Si. The summed E-state index contributed by atoms with van der Waals surface area (Å²) in [7, 11) is -2.91. The molecule has 220 valence electrons. The minimum atomic E-state index is -2.91. The zero-order valence-corrected chi connectivity index (χ0v) is 26.1. The van der Waals surface area contributed by atoms with E-state index in [1.54, 1.807) is 6.07 Å². The predicted molar refractivity (Wildman–Crippen MR) is 187 cm³/mol. The lowest BCUT2D eigenvalue weighted by Gasteiger charge is -2.43. The van der Waals surface area contributed by atoms with E-state index in [4.69, 9.17) is 19.4 Å². The standard InChI is InChI=1S/C41H25N3O2Si/c42-26-27-11-10-14-30(23-27)41-43-31(28-12-2-1-3-13-28)25-32(44-41)29-21-22-36-40(24-29)47(39-20-9-6-17-35(39)46-36)37-18-7-4-15-33(37)45-34-16-5-8-19-38(34)47/h1-25H. The van der Waals surface area contributed by atoms with Crippen molar-refractivity contribution in [2.45, 2.75) is 0 Å². The Hall–Kier alpha value is -6.29. The first-order valence-corrected chi connectivity index (χ1v) is 17.5. The molecule has 1 spiro atoms. The van der Waals surface area contributed by atoms with Crippen molar-refractivity contribution >= 4 is 28.8 Å². The Kier molecular flexibility index (Phi) is 6.14. The number of nitrogens with zero attached hydrogens (tertiary/aromatic N) is 3. The molecule has 0 radical (unpaired) electrons. The molecule has 1 aromatic heterocycles. The third kappa shape index (κ3) is 4.22. The van der Waals surface area contributed by atoms with E-state index in [1.165, 1.54) is 15.6 Å². The Labute approximate surface area is 273 Å². The molecule has 47 heavy (non-hydrogen) atoms. The van der Waals surface area contributed by atoms with Crippen LogP contribution in [0.15, 0.2) is 152 Å². The van der Waals surface area contributed by atoms with Crippen LogP contribution in [0.25, 0.3) is 33.9 Å². The summed E-state index contributed by atoms with van der Waals surface area (Å²) in [5.41, 5.74) is 4.89. The number of hydrogen-bond acceptors (Lipinski definition) is 5. The van der Waals surface area contributed by atoms with Crippen LogP contribution in [-0.4, -0.2) is 18.0 Å². The molecule has 0 amide bonds. The number of para-hydroxylation sites is 3. The Bertz CT molecular complexity index is 2300. The van der Waals surface area contributed by atoms with Gasteiger partial charge in [-0.3, -0.25) is 0 Å². The molecule has 0 N–H and O–H groups in total. The highest BCUT2D eigenvalue weighted by atomic mass is 28.3. The molecule has 0 fully saturated rings. The van der Waals surface area contributed by atoms with Crippen molar-refractivity contribution in [2.24, 2.45) is 0 Å². The van der Waals surface area contributed by atoms with Crippen molar-refractivity contribution in [3.05, 3.63) is 157 Å².